The molecule has 0 aromatic carbocycles. The van der Waals surface area contributed by atoms with Crippen LogP contribution in [0.5, 0.6) is 0 Å². The lowest BCUT2D eigenvalue weighted by molar-refractivity contribution is 0.0955. The van der Waals surface area contributed by atoms with E-state index in [4.69, 9.17) is 4.98 Å². The zero-order valence-electron chi connectivity index (χ0n) is 16.9. The molecule has 29 heavy (non-hydrogen) atoms. The molecule has 4 heterocycles. The van der Waals surface area contributed by atoms with E-state index < -0.39 is 0 Å². The summed E-state index contributed by atoms with van der Waals surface area (Å²) < 4.78 is 1.87. The minimum atomic E-state index is -0.109. The highest BCUT2D eigenvalue weighted by Crippen LogP contribution is 2.30. The smallest absolute Gasteiger partial charge is 0.252 e. The Labute approximate surface area is 177 Å². The largest absolute Gasteiger partial charge is 0.352 e. The van der Waals surface area contributed by atoms with E-state index in [9.17, 15) is 4.79 Å². The molecule has 0 aliphatic rings. The van der Waals surface area contributed by atoms with Crippen LogP contribution in [0.25, 0.3) is 21.6 Å². The average molecular weight is 426 g/mol. The molecular formula is C21H23N5OS2. The molecular weight excluding hydrogens is 402 g/mol. The fourth-order valence-corrected chi connectivity index (χ4v) is 4.68. The lowest BCUT2D eigenvalue weighted by Gasteiger charge is -2.10. The molecule has 0 spiro atoms. The van der Waals surface area contributed by atoms with Gasteiger partial charge in [0.15, 0.2) is 5.65 Å². The summed E-state index contributed by atoms with van der Waals surface area (Å²) in [6.07, 6.45) is 2.46. The van der Waals surface area contributed by atoms with Gasteiger partial charge in [0.25, 0.3) is 5.91 Å². The topological polar surface area (TPSA) is 72.7 Å². The Balaban J connectivity index is 1.67. The zero-order chi connectivity index (χ0) is 20.5. The Morgan fingerprint density at radius 2 is 2.07 bits per heavy atom. The van der Waals surface area contributed by atoms with Crippen molar-refractivity contribution >= 4 is 39.6 Å². The van der Waals surface area contributed by atoms with Gasteiger partial charge in [0, 0.05) is 29.3 Å². The first-order valence-electron chi connectivity index (χ1n) is 9.56. The van der Waals surface area contributed by atoms with Gasteiger partial charge in [-0.15, -0.1) is 22.7 Å². The number of amides is 1. The molecule has 8 heteroatoms. The predicted octanol–water partition coefficient (Wildman–Crippen LogP) is 4.79. The van der Waals surface area contributed by atoms with Crippen LogP contribution in [0.3, 0.4) is 0 Å². The van der Waals surface area contributed by atoms with Gasteiger partial charge in [0.2, 0.25) is 0 Å². The Morgan fingerprint density at radius 3 is 2.72 bits per heavy atom. The number of fused-ring (bicyclic) bond motifs is 1. The number of thiophene rings is 1. The predicted molar refractivity (Wildman–Crippen MR) is 119 cm³/mol. The van der Waals surface area contributed by atoms with Crippen molar-refractivity contribution in [3.63, 3.8) is 0 Å². The summed E-state index contributed by atoms with van der Waals surface area (Å²) in [6.45, 7) is 8.72. The molecule has 6 nitrogen and oxygen atoms in total. The van der Waals surface area contributed by atoms with Crippen molar-refractivity contribution in [1.29, 1.82) is 0 Å². The number of aryl methyl sites for hydroxylation is 2. The summed E-state index contributed by atoms with van der Waals surface area (Å²) in [6, 6.07) is 6.16. The van der Waals surface area contributed by atoms with Gasteiger partial charge >= 0.3 is 0 Å². The standard InChI is InChI=1S/C21H23N5OS2/c1-12(2)26-20-17(10-23-26)16(9-18(25-20)19-6-5-13(3)29-19)21(27)22-8-7-15-11-28-14(4)24-15/h5-6,9-12H,7-8H2,1-4H3,(H,22,27). The molecule has 0 fully saturated rings. The molecule has 4 aromatic heterocycles. The Hall–Kier alpha value is -2.58. The number of aromatic nitrogens is 4. The maximum absolute atomic E-state index is 13.0. The Morgan fingerprint density at radius 1 is 1.24 bits per heavy atom. The van der Waals surface area contributed by atoms with Gasteiger partial charge in [0.1, 0.15) is 0 Å². The molecule has 0 unspecified atom stereocenters. The maximum Gasteiger partial charge on any atom is 0.252 e. The highest BCUT2D eigenvalue weighted by molar-refractivity contribution is 7.15. The number of nitrogens with one attached hydrogen (secondary N) is 1. The van der Waals surface area contributed by atoms with E-state index in [0.29, 0.717) is 18.5 Å². The van der Waals surface area contributed by atoms with Crippen LogP contribution in [0.4, 0.5) is 0 Å². The first-order chi connectivity index (χ1) is 13.9. The molecule has 1 N–H and O–H groups in total. The first-order valence-corrected chi connectivity index (χ1v) is 11.3. The van der Waals surface area contributed by atoms with E-state index >= 15 is 0 Å². The van der Waals surface area contributed by atoms with Gasteiger partial charge in [-0.25, -0.2) is 14.6 Å². The quantitative estimate of drug-likeness (QED) is 0.482. The van der Waals surface area contributed by atoms with Crippen LogP contribution in [-0.2, 0) is 6.42 Å². The van der Waals surface area contributed by atoms with Crippen molar-refractivity contribution in [2.75, 3.05) is 6.54 Å². The van der Waals surface area contributed by atoms with Crippen LogP contribution in [0.1, 0.15) is 45.8 Å². The number of carbonyl (C=O) groups excluding carboxylic acids is 1. The SMILES string of the molecule is Cc1ccc(-c2cc(C(=O)NCCc3csc(C)n3)c3cnn(C(C)C)c3n2)s1. The Kier molecular flexibility index (Phi) is 5.47. The third-order valence-corrected chi connectivity index (χ3v) is 6.47. The summed E-state index contributed by atoms with van der Waals surface area (Å²) in [5, 5.41) is 11.4. The number of hydrogen-bond acceptors (Lipinski definition) is 6. The normalized spacial score (nSPS) is 11.5. The van der Waals surface area contributed by atoms with Gasteiger partial charge in [-0.3, -0.25) is 4.79 Å². The zero-order valence-corrected chi connectivity index (χ0v) is 18.5. The minimum absolute atomic E-state index is 0.109. The molecule has 0 atom stereocenters. The highest BCUT2D eigenvalue weighted by atomic mass is 32.1. The van der Waals surface area contributed by atoms with E-state index in [-0.39, 0.29) is 11.9 Å². The highest BCUT2D eigenvalue weighted by Gasteiger charge is 2.19. The van der Waals surface area contributed by atoms with Crippen molar-refractivity contribution in [2.24, 2.45) is 0 Å². The van der Waals surface area contributed by atoms with E-state index in [1.54, 1.807) is 28.9 Å². The van der Waals surface area contributed by atoms with Crippen molar-refractivity contribution in [3.05, 3.63) is 50.9 Å². The van der Waals surface area contributed by atoms with Crippen molar-refractivity contribution in [1.82, 2.24) is 25.1 Å². The van der Waals surface area contributed by atoms with Crippen molar-refractivity contribution in [3.8, 4) is 10.6 Å². The number of thiazole rings is 1. The number of pyridine rings is 1. The molecule has 150 valence electrons. The van der Waals surface area contributed by atoms with E-state index in [1.165, 1.54) is 4.88 Å². The van der Waals surface area contributed by atoms with E-state index in [0.717, 1.165) is 32.3 Å². The summed E-state index contributed by atoms with van der Waals surface area (Å²) in [7, 11) is 0. The molecule has 1 amide bonds. The Bertz CT molecular complexity index is 1170. The van der Waals surface area contributed by atoms with Crippen LogP contribution in [-0.4, -0.2) is 32.2 Å². The van der Waals surface area contributed by atoms with E-state index in [2.05, 4.69) is 48.3 Å². The second kappa shape index (κ2) is 8.04. The van der Waals surface area contributed by atoms with Crippen LogP contribution >= 0.6 is 22.7 Å². The lowest BCUT2D eigenvalue weighted by Crippen LogP contribution is -2.26. The molecule has 4 aromatic rings. The minimum Gasteiger partial charge on any atom is -0.352 e. The molecule has 0 saturated carbocycles. The van der Waals surface area contributed by atoms with Crippen LogP contribution in [0.15, 0.2) is 29.8 Å². The van der Waals surface area contributed by atoms with Crippen molar-refractivity contribution in [2.45, 2.75) is 40.2 Å². The molecule has 0 aliphatic heterocycles. The fraction of sp³-hybridized carbons (Fsp3) is 0.333. The molecule has 0 saturated heterocycles. The second-order valence-corrected chi connectivity index (χ2v) is 9.60. The van der Waals surface area contributed by atoms with Crippen LogP contribution in [0, 0.1) is 13.8 Å². The average Bonchev–Trinajstić information content (AvgIpc) is 3.40. The molecule has 0 bridgehead atoms. The third-order valence-electron chi connectivity index (χ3n) is 4.63. The fourth-order valence-electron chi connectivity index (χ4n) is 3.20. The van der Waals surface area contributed by atoms with Crippen LogP contribution < -0.4 is 5.32 Å². The number of carbonyl (C=O) groups is 1. The summed E-state index contributed by atoms with van der Waals surface area (Å²) in [5.74, 6) is -0.109. The third kappa shape index (κ3) is 4.09. The second-order valence-electron chi connectivity index (χ2n) is 7.25. The molecule has 0 aliphatic carbocycles. The summed E-state index contributed by atoms with van der Waals surface area (Å²) in [5.41, 5.74) is 3.16. The van der Waals surface area contributed by atoms with Crippen LogP contribution in [0.2, 0.25) is 0 Å². The number of hydrogen-bond donors (Lipinski definition) is 1. The summed E-state index contributed by atoms with van der Waals surface area (Å²) >= 11 is 3.30. The molecule has 0 radical (unpaired) electrons. The van der Waals surface area contributed by atoms with Gasteiger partial charge < -0.3 is 5.32 Å². The van der Waals surface area contributed by atoms with Gasteiger partial charge in [0.05, 0.1) is 38.4 Å². The summed E-state index contributed by atoms with van der Waals surface area (Å²) in [4.78, 5) is 24.6. The number of rotatable bonds is 6. The molecule has 4 rings (SSSR count). The van der Waals surface area contributed by atoms with Gasteiger partial charge in [-0.1, -0.05) is 0 Å². The number of nitrogens with zero attached hydrogens (tertiary/aromatic N) is 4. The van der Waals surface area contributed by atoms with Gasteiger partial charge in [-0.2, -0.15) is 5.10 Å². The maximum atomic E-state index is 13.0. The van der Waals surface area contributed by atoms with E-state index in [1.807, 2.05) is 23.1 Å². The first kappa shape index (κ1) is 19.7. The monoisotopic (exact) mass is 425 g/mol. The van der Waals surface area contributed by atoms with Gasteiger partial charge in [-0.05, 0) is 45.9 Å². The van der Waals surface area contributed by atoms with Crippen molar-refractivity contribution < 1.29 is 4.79 Å². The lowest BCUT2D eigenvalue weighted by atomic mass is 10.1.